The van der Waals surface area contributed by atoms with Crippen LogP contribution < -0.4 is 4.90 Å². The van der Waals surface area contributed by atoms with Gasteiger partial charge in [0.1, 0.15) is 0 Å². The average Bonchev–Trinajstić information content (AvgIpc) is 2.47. The molecule has 2 heterocycles. The predicted octanol–water partition coefficient (Wildman–Crippen LogP) is 1.12. The van der Waals surface area contributed by atoms with Crippen molar-refractivity contribution in [3.05, 3.63) is 24.0 Å². The number of rotatable bonds is 6. The van der Waals surface area contributed by atoms with Crippen LogP contribution in [-0.4, -0.2) is 60.4 Å². The van der Waals surface area contributed by atoms with Gasteiger partial charge in [-0.15, -0.1) is 0 Å². The van der Waals surface area contributed by atoms with Crippen LogP contribution in [0, 0.1) is 0 Å². The minimum atomic E-state index is 0.0472. The first-order chi connectivity index (χ1) is 9.70. The molecule has 0 bridgehead atoms. The van der Waals surface area contributed by atoms with E-state index in [0.717, 1.165) is 50.6 Å². The lowest BCUT2D eigenvalue weighted by Crippen LogP contribution is -2.47. The molecular weight excluding hydrogens is 254 g/mol. The van der Waals surface area contributed by atoms with Gasteiger partial charge in [-0.25, -0.2) is 0 Å². The smallest absolute Gasteiger partial charge is 0.0717 e. The van der Waals surface area contributed by atoms with Gasteiger partial charge in [0.2, 0.25) is 0 Å². The fourth-order valence-electron chi connectivity index (χ4n) is 2.48. The van der Waals surface area contributed by atoms with Gasteiger partial charge in [-0.1, -0.05) is 0 Å². The molecule has 0 spiro atoms. The first-order valence-corrected chi connectivity index (χ1v) is 7.33. The fourth-order valence-corrected chi connectivity index (χ4v) is 2.48. The molecule has 0 aliphatic carbocycles. The summed E-state index contributed by atoms with van der Waals surface area (Å²) in [4.78, 5) is 8.82. The second kappa shape index (κ2) is 7.57. The van der Waals surface area contributed by atoms with E-state index in [2.05, 4.69) is 28.6 Å². The number of hydrogen-bond donors (Lipinski definition) is 1. The van der Waals surface area contributed by atoms with Crippen LogP contribution in [0.15, 0.2) is 18.5 Å². The Hall–Kier alpha value is -1.17. The summed E-state index contributed by atoms with van der Waals surface area (Å²) >= 11 is 0. The van der Waals surface area contributed by atoms with E-state index in [4.69, 9.17) is 4.74 Å². The molecule has 0 aromatic carbocycles. The summed E-state index contributed by atoms with van der Waals surface area (Å²) in [6.07, 6.45) is 3.84. The predicted molar refractivity (Wildman–Crippen MR) is 79.9 cm³/mol. The van der Waals surface area contributed by atoms with Gasteiger partial charge in [0.25, 0.3) is 0 Å². The highest BCUT2D eigenvalue weighted by atomic mass is 16.5. The molecule has 20 heavy (non-hydrogen) atoms. The minimum absolute atomic E-state index is 0.0472. The Labute approximate surface area is 121 Å². The van der Waals surface area contributed by atoms with Gasteiger partial charge in [-0.2, -0.15) is 0 Å². The SMILES string of the molecule is CC(C)OCCN1CCN(c2ccncc2CO)CC1. The number of aliphatic hydroxyl groups excluding tert-OH is 1. The third-order valence-corrected chi connectivity index (χ3v) is 3.62. The van der Waals surface area contributed by atoms with Crippen molar-refractivity contribution in [3.8, 4) is 0 Å². The highest BCUT2D eigenvalue weighted by Crippen LogP contribution is 2.20. The molecule has 112 valence electrons. The Morgan fingerprint density at radius 3 is 2.70 bits per heavy atom. The number of ether oxygens (including phenoxy) is 1. The van der Waals surface area contributed by atoms with Crippen LogP contribution in [0.25, 0.3) is 0 Å². The van der Waals surface area contributed by atoms with Crippen molar-refractivity contribution in [2.45, 2.75) is 26.6 Å². The van der Waals surface area contributed by atoms with Gasteiger partial charge in [-0.3, -0.25) is 9.88 Å². The number of anilines is 1. The minimum Gasteiger partial charge on any atom is -0.392 e. The van der Waals surface area contributed by atoms with Crippen molar-refractivity contribution in [2.75, 3.05) is 44.2 Å². The summed E-state index contributed by atoms with van der Waals surface area (Å²) in [5, 5.41) is 9.38. The first kappa shape index (κ1) is 15.2. The number of aliphatic hydroxyl groups is 1. The van der Waals surface area contributed by atoms with Crippen LogP contribution in [0.2, 0.25) is 0 Å². The zero-order valence-corrected chi connectivity index (χ0v) is 12.5. The Bertz CT molecular complexity index is 404. The maximum atomic E-state index is 9.38. The molecule has 1 fully saturated rings. The van der Waals surface area contributed by atoms with Gasteiger partial charge in [0.15, 0.2) is 0 Å². The molecule has 1 aromatic heterocycles. The van der Waals surface area contributed by atoms with Crippen molar-refractivity contribution in [3.63, 3.8) is 0 Å². The van der Waals surface area contributed by atoms with Crippen LogP contribution in [-0.2, 0) is 11.3 Å². The van der Waals surface area contributed by atoms with Crippen LogP contribution >= 0.6 is 0 Å². The largest absolute Gasteiger partial charge is 0.392 e. The van der Waals surface area contributed by atoms with Gasteiger partial charge >= 0.3 is 0 Å². The highest BCUT2D eigenvalue weighted by Gasteiger charge is 2.18. The monoisotopic (exact) mass is 279 g/mol. The standard InChI is InChI=1S/C15H25N3O2/c1-13(2)20-10-9-17-5-7-18(8-6-17)15-3-4-16-11-14(15)12-19/h3-4,11,13,19H,5-10,12H2,1-2H3. The molecule has 0 atom stereocenters. The summed E-state index contributed by atoms with van der Waals surface area (Å²) in [5.74, 6) is 0. The van der Waals surface area contributed by atoms with Crippen molar-refractivity contribution >= 4 is 5.69 Å². The average molecular weight is 279 g/mol. The van der Waals surface area contributed by atoms with E-state index in [0.29, 0.717) is 6.10 Å². The maximum absolute atomic E-state index is 9.38. The molecule has 5 nitrogen and oxygen atoms in total. The van der Waals surface area contributed by atoms with E-state index in [-0.39, 0.29) is 6.61 Å². The molecule has 0 amide bonds. The van der Waals surface area contributed by atoms with Crippen molar-refractivity contribution in [2.24, 2.45) is 0 Å². The molecule has 0 saturated carbocycles. The molecule has 2 rings (SSSR count). The molecule has 1 aromatic rings. The Kier molecular flexibility index (Phi) is 5.76. The number of piperazine rings is 1. The first-order valence-electron chi connectivity index (χ1n) is 7.33. The van der Waals surface area contributed by atoms with Crippen LogP contribution in [0.3, 0.4) is 0 Å². The highest BCUT2D eigenvalue weighted by molar-refractivity contribution is 5.52. The van der Waals surface area contributed by atoms with Gasteiger partial charge < -0.3 is 14.7 Å². The molecular formula is C15H25N3O2. The molecule has 1 aliphatic heterocycles. The van der Waals surface area contributed by atoms with Gasteiger partial charge in [0.05, 0.1) is 19.3 Å². The van der Waals surface area contributed by atoms with Gasteiger partial charge in [0, 0.05) is 56.4 Å². The third-order valence-electron chi connectivity index (χ3n) is 3.62. The quantitative estimate of drug-likeness (QED) is 0.845. The Balaban J connectivity index is 1.82. The van der Waals surface area contributed by atoms with Crippen molar-refractivity contribution in [1.82, 2.24) is 9.88 Å². The zero-order valence-electron chi connectivity index (χ0n) is 12.5. The normalized spacial score (nSPS) is 16.9. The lowest BCUT2D eigenvalue weighted by atomic mass is 10.2. The molecule has 0 radical (unpaired) electrons. The van der Waals surface area contributed by atoms with E-state index in [1.54, 1.807) is 12.4 Å². The summed E-state index contributed by atoms with van der Waals surface area (Å²) in [6.45, 7) is 10.0. The summed E-state index contributed by atoms with van der Waals surface area (Å²) < 4.78 is 5.60. The molecule has 1 aliphatic rings. The summed E-state index contributed by atoms with van der Waals surface area (Å²) in [7, 11) is 0. The van der Waals surface area contributed by atoms with E-state index >= 15 is 0 Å². The van der Waals surface area contributed by atoms with Gasteiger partial charge in [-0.05, 0) is 19.9 Å². The Morgan fingerprint density at radius 2 is 2.05 bits per heavy atom. The topological polar surface area (TPSA) is 48.8 Å². The summed E-state index contributed by atoms with van der Waals surface area (Å²) in [5.41, 5.74) is 2.02. The second-order valence-electron chi connectivity index (χ2n) is 5.41. The van der Waals surface area contributed by atoms with E-state index in [1.807, 2.05) is 6.07 Å². The zero-order chi connectivity index (χ0) is 14.4. The van der Waals surface area contributed by atoms with Crippen molar-refractivity contribution in [1.29, 1.82) is 0 Å². The third kappa shape index (κ3) is 4.16. The summed E-state index contributed by atoms with van der Waals surface area (Å²) in [6, 6.07) is 1.99. The number of aromatic nitrogens is 1. The van der Waals surface area contributed by atoms with E-state index in [1.165, 1.54) is 0 Å². The number of nitrogens with zero attached hydrogens (tertiary/aromatic N) is 3. The number of pyridine rings is 1. The Morgan fingerprint density at radius 1 is 1.30 bits per heavy atom. The second-order valence-corrected chi connectivity index (χ2v) is 5.41. The lowest BCUT2D eigenvalue weighted by Gasteiger charge is -2.36. The van der Waals surface area contributed by atoms with Crippen LogP contribution in [0.5, 0.6) is 0 Å². The number of hydrogen-bond acceptors (Lipinski definition) is 5. The molecule has 1 N–H and O–H groups in total. The molecule has 5 heteroatoms. The van der Waals surface area contributed by atoms with Crippen LogP contribution in [0.1, 0.15) is 19.4 Å². The van der Waals surface area contributed by atoms with E-state index < -0.39 is 0 Å². The maximum Gasteiger partial charge on any atom is 0.0717 e. The van der Waals surface area contributed by atoms with Crippen molar-refractivity contribution < 1.29 is 9.84 Å². The molecule has 1 saturated heterocycles. The van der Waals surface area contributed by atoms with E-state index in [9.17, 15) is 5.11 Å². The molecule has 0 unspecified atom stereocenters. The fraction of sp³-hybridized carbons (Fsp3) is 0.667. The lowest BCUT2D eigenvalue weighted by molar-refractivity contribution is 0.0579. The van der Waals surface area contributed by atoms with Crippen LogP contribution in [0.4, 0.5) is 5.69 Å².